The van der Waals surface area contributed by atoms with Gasteiger partial charge in [0.1, 0.15) is 0 Å². The summed E-state index contributed by atoms with van der Waals surface area (Å²) in [6.07, 6.45) is 0. The average molecular weight is 220 g/mol. The maximum atomic E-state index is 11.7. The molecule has 1 aliphatic rings. The van der Waals surface area contributed by atoms with Gasteiger partial charge in [0, 0.05) is 6.07 Å². The van der Waals surface area contributed by atoms with Gasteiger partial charge in [0.15, 0.2) is 0 Å². The molecule has 0 aliphatic carbocycles. The molecule has 0 saturated heterocycles. The van der Waals surface area contributed by atoms with E-state index in [0.717, 1.165) is 5.56 Å². The summed E-state index contributed by atoms with van der Waals surface area (Å²) in [5, 5.41) is 13.5. The van der Waals surface area contributed by atoms with Gasteiger partial charge in [-0.1, -0.05) is 0 Å². The van der Waals surface area contributed by atoms with E-state index < -0.39 is 10.3 Å². The van der Waals surface area contributed by atoms with Crippen LogP contribution >= 0.6 is 0 Å². The number of anilines is 1. The van der Waals surface area contributed by atoms with E-state index in [1.807, 2.05) is 0 Å². The monoisotopic (exact) mass is 220 g/mol. The number of nitrogens with zero attached hydrogens (tertiary/aromatic N) is 1. The number of nitrogens with one attached hydrogen (secondary N) is 1. The third-order valence-corrected chi connectivity index (χ3v) is 3.11. The number of rotatable bonds is 1. The van der Waals surface area contributed by atoms with Gasteiger partial charge in [0.2, 0.25) is 5.91 Å². The summed E-state index contributed by atoms with van der Waals surface area (Å²) >= 11 is 0. The summed E-state index contributed by atoms with van der Waals surface area (Å²) < 4.78 is 0. The Bertz CT molecular complexity index is 506. The summed E-state index contributed by atoms with van der Waals surface area (Å²) in [6, 6.07) is 3.11. The maximum absolute atomic E-state index is 11.7. The first kappa shape index (κ1) is 10.6. The van der Waals surface area contributed by atoms with Gasteiger partial charge in [-0.25, -0.2) is 0 Å². The van der Waals surface area contributed by atoms with Crippen molar-refractivity contribution in [1.82, 2.24) is 0 Å². The molecule has 0 bridgehead atoms. The molecule has 1 N–H and O–H groups in total. The molecule has 16 heavy (non-hydrogen) atoms. The number of benzene rings is 1. The lowest BCUT2D eigenvalue weighted by Gasteiger charge is -2.14. The number of nitro groups is 1. The van der Waals surface area contributed by atoms with Crippen LogP contribution in [0.4, 0.5) is 11.4 Å². The lowest BCUT2D eigenvalue weighted by molar-refractivity contribution is -0.385. The predicted molar refractivity (Wildman–Crippen MR) is 59.5 cm³/mol. The molecule has 0 spiro atoms. The van der Waals surface area contributed by atoms with E-state index in [0.29, 0.717) is 11.3 Å². The minimum Gasteiger partial charge on any atom is -0.325 e. The summed E-state index contributed by atoms with van der Waals surface area (Å²) in [5.74, 6) is -0.119. The first-order valence-electron chi connectivity index (χ1n) is 4.95. The van der Waals surface area contributed by atoms with Gasteiger partial charge >= 0.3 is 0 Å². The van der Waals surface area contributed by atoms with E-state index in [2.05, 4.69) is 5.32 Å². The van der Waals surface area contributed by atoms with Crippen molar-refractivity contribution >= 4 is 17.3 Å². The Morgan fingerprint density at radius 3 is 2.56 bits per heavy atom. The van der Waals surface area contributed by atoms with Crippen LogP contribution in [0.3, 0.4) is 0 Å². The number of nitro benzene ring substituents is 1. The van der Waals surface area contributed by atoms with Gasteiger partial charge in [-0.05, 0) is 32.4 Å². The zero-order chi connectivity index (χ0) is 12.1. The van der Waals surface area contributed by atoms with Crippen molar-refractivity contribution < 1.29 is 9.72 Å². The van der Waals surface area contributed by atoms with E-state index in [1.165, 1.54) is 6.07 Å². The van der Waals surface area contributed by atoms with Crippen molar-refractivity contribution in [2.45, 2.75) is 26.2 Å². The van der Waals surface area contributed by atoms with Crippen LogP contribution in [0.5, 0.6) is 0 Å². The van der Waals surface area contributed by atoms with Gasteiger partial charge in [-0.15, -0.1) is 0 Å². The van der Waals surface area contributed by atoms with E-state index in [-0.39, 0.29) is 11.6 Å². The Morgan fingerprint density at radius 2 is 2.00 bits per heavy atom. The topological polar surface area (TPSA) is 72.2 Å². The molecule has 1 aromatic rings. The van der Waals surface area contributed by atoms with E-state index in [4.69, 9.17) is 0 Å². The predicted octanol–water partition coefficient (Wildman–Crippen LogP) is 2.13. The highest BCUT2D eigenvalue weighted by atomic mass is 16.6. The Balaban J connectivity index is 2.68. The summed E-state index contributed by atoms with van der Waals surface area (Å²) in [7, 11) is 0. The molecular weight excluding hydrogens is 208 g/mol. The van der Waals surface area contributed by atoms with Crippen molar-refractivity contribution in [3.63, 3.8) is 0 Å². The van der Waals surface area contributed by atoms with Crippen LogP contribution in [-0.2, 0) is 10.2 Å². The smallest absolute Gasteiger partial charge is 0.274 e. The second kappa shape index (κ2) is 3.04. The molecule has 0 radical (unpaired) electrons. The molecule has 0 unspecified atom stereocenters. The van der Waals surface area contributed by atoms with Gasteiger partial charge in [-0.3, -0.25) is 14.9 Å². The lowest BCUT2D eigenvalue weighted by atomic mass is 9.85. The second-order valence-corrected chi connectivity index (χ2v) is 4.47. The molecule has 1 aromatic carbocycles. The Morgan fingerprint density at radius 1 is 1.38 bits per heavy atom. The summed E-state index contributed by atoms with van der Waals surface area (Å²) in [5.41, 5.74) is 1.35. The normalized spacial score (nSPS) is 16.8. The fourth-order valence-corrected chi connectivity index (χ4v) is 1.97. The highest BCUT2D eigenvalue weighted by molar-refractivity contribution is 6.06. The van der Waals surface area contributed by atoms with E-state index in [9.17, 15) is 14.9 Å². The molecule has 1 aliphatic heterocycles. The van der Waals surface area contributed by atoms with Crippen LogP contribution in [0.15, 0.2) is 12.1 Å². The van der Waals surface area contributed by atoms with Crippen molar-refractivity contribution in [3.8, 4) is 0 Å². The molecule has 0 fully saturated rings. The molecule has 0 saturated carbocycles. The molecular formula is C11H12N2O3. The number of carbonyl (C=O) groups is 1. The second-order valence-electron chi connectivity index (χ2n) is 4.47. The number of carbonyl (C=O) groups excluding carboxylic acids is 1. The van der Waals surface area contributed by atoms with Crippen LogP contribution in [0, 0.1) is 17.0 Å². The highest BCUT2D eigenvalue weighted by Crippen LogP contribution is 2.41. The lowest BCUT2D eigenvalue weighted by Crippen LogP contribution is -2.26. The molecule has 1 heterocycles. The highest BCUT2D eigenvalue weighted by Gasteiger charge is 2.40. The van der Waals surface area contributed by atoms with Crippen molar-refractivity contribution in [2.24, 2.45) is 0 Å². The molecule has 5 heteroatoms. The first-order chi connectivity index (χ1) is 7.35. The SMILES string of the molecule is Cc1c([N+](=O)[O-])ccc2c1NC(=O)C2(C)C. The molecule has 5 nitrogen and oxygen atoms in total. The van der Waals surface area contributed by atoms with Gasteiger partial charge in [0.25, 0.3) is 5.69 Å². The van der Waals surface area contributed by atoms with Gasteiger partial charge < -0.3 is 5.32 Å². The first-order valence-corrected chi connectivity index (χ1v) is 4.95. The fourth-order valence-electron chi connectivity index (χ4n) is 1.97. The number of fused-ring (bicyclic) bond motifs is 1. The Kier molecular flexibility index (Phi) is 2.01. The largest absolute Gasteiger partial charge is 0.325 e. The van der Waals surface area contributed by atoms with Crippen molar-refractivity contribution in [3.05, 3.63) is 33.4 Å². The maximum Gasteiger partial charge on any atom is 0.274 e. The van der Waals surface area contributed by atoms with Crippen molar-refractivity contribution in [2.75, 3.05) is 5.32 Å². The number of amides is 1. The molecule has 1 amide bonds. The van der Waals surface area contributed by atoms with Crippen LogP contribution in [0.1, 0.15) is 25.0 Å². The zero-order valence-corrected chi connectivity index (χ0v) is 9.33. The number of hydrogen-bond donors (Lipinski definition) is 1. The molecule has 84 valence electrons. The summed E-state index contributed by atoms with van der Waals surface area (Å²) in [4.78, 5) is 22.0. The third kappa shape index (κ3) is 1.21. The quantitative estimate of drug-likeness (QED) is 0.582. The standard InChI is InChI=1S/C11H12N2O3/c1-6-8(13(15)16)5-4-7-9(6)12-10(14)11(7,2)3/h4-5H,1-3H3,(H,12,14). The fraction of sp³-hybridized carbons (Fsp3) is 0.364. The van der Waals surface area contributed by atoms with Crippen LogP contribution in [-0.4, -0.2) is 10.8 Å². The Labute approximate surface area is 92.6 Å². The molecule has 0 aromatic heterocycles. The van der Waals surface area contributed by atoms with Gasteiger partial charge in [-0.2, -0.15) is 0 Å². The van der Waals surface area contributed by atoms with Crippen LogP contribution in [0.2, 0.25) is 0 Å². The molecule has 2 rings (SSSR count). The van der Waals surface area contributed by atoms with Crippen LogP contribution < -0.4 is 5.32 Å². The summed E-state index contributed by atoms with van der Waals surface area (Å²) in [6.45, 7) is 5.26. The average Bonchev–Trinajstić information content (AvgIpc) is 2.41. The minimum absolute atomic E-state index is 0.0387. The van der Waals surface area contributed by atoms with E-state index >= 15 is 0 Å². The Hall–Kier alpha value is -1.91. The molecule has 0 atom stereocenters. The van der Waals surface area contributed by atoms with Crippen molar-refractivity contribution in [1.29, 1.82) is 0 Å². The van der Waals surface area contributed by atoms with E-state index in [1.54, 1.807) is 26.8 Å². The number of hydrogen-bond acceptors (Lipinski definition) is 3. The minimum atomic E-state index is -0.616. The van der Waals surface area contributed by atoms with Gasteiger partial charge in [0.05, 0.1) is 21.6 Å². The third-order valence-electron chi connectivity index (χ3n) is 3.11. The zero-order valence-electron chi connectivity index (χ0n) is 9.33. The van der Waals surface area contributed by atoms with Crippen LogP contribution in [0.25, 0.3) is 0 Å².